The van der Waals surface area contributed by atoms with Crippen LogP contribution in [-0.2, 0) is 0 Å². The van der Waals surface area contributed by atoms with Crippen molar-refractivity contribution in [1.29, 1.82) is 0 Å². The second kappa shape index (κ2) is 8.96. The number of fused-ring (bicyclic) bond motifs is 1. The van der Waals surface area contributed by atoms with E-state index in [-0.39, 0.29) is 6.29 Å². The van der Waals surface area contributed by atoms with Crippen molar-refractivity contribution in [2.45, 2.75) is 13.2 Å². The maximum Gasteiger partial charge on any atom is 0.180 e. The fourth-order valence-electron chi connectivity index (χ4n) is 3.61. The van der Waals surface area contributed by atoms with Crippen LogP contribution in [0.3, 0.4) is 0 Å². The van der Waals surface area contributed by atoms with Crippen molar-refractivity contribution >= 4 is 5.71 Å². The van der Waals surface area contributed by atoms with E-state index < -0.39 is 0 Å². The van der Waals surface area contributed by atoms with E-state index in [2.05, 4.69) is 50.3 Å². The minimum atomic E-state index is 0.0365. The van der Waals surface area contributed by atoms with Crippen LogP contribution >= 0.6 is 0 Å². The molecule has 146 valence electrons. The third kappa shape index (κ3) is 4.22. The lowest BCUT2D eigenvalue weighted by molar-refractivity contribution is 0.0833. The summed E-state index contributed by atoms with van der Waals surface area (Å²) in [6.07, 6.45) is 6.40. The monoisotopic (exact) mass is 377 g/mol. The Morgan fingerprint density at radius 1 is 1.21 bits per heavy atom. The second-order valence-electron chi connectivity index (χ2n) is 6.93. The second-order valence-corrected chi connectivity index (χ2v) is 6.93. The molecule has 1 aromatic rings. The molecule has 3 aliphatic rings. The zero-order chi connectivity index (χ0) is 19.2. The standard InChI is InChI=1S/C22H27N5O/c1-2-3-12-27-21-18-25(16-17-28-19-7-5-4-6-8-19)13-9-20(21)24-22(27)26-14-10-23-11-15-26/h4-9,13,18,22-23H,10-12,14-17H2,1H3. The highest BCUT2D eigenvalue weighted by atomic mass is 16.5. The predicted molar refractivity (Wildman–Crippen MR) is 112 cm³/mol. The van der Waals surface area contributed by atoms with Gasteiger partial charge in [0.1, 0.15) is 12.4 Å². The Balaban J connectivity index is 1.43. The van der Waals surface area contributed by atoms with Gasteiger partial charge in [-0.1, -0.05) is 24.1 Å². The fraction of sp³-hybridized carbons (Fsp3) is 0.409. The number of para-hydroxylation sites is 1. The summed E-state index contributed by atoms with van der Waals surface area (Å²) in [6, 6.07) is 9.93. The molecule has 0 amide bonds. The highest BCUT2D eigenvalue weighted by molar-refractivity contribution is 6.09. The number of ether oxygens (including phenoxy) is 1. The van der Waals surface area contributed by atoms with Gasteiger partial charge in [-0.3, -0.25) is 4.90 Å². The molecule has 1 atom stereocenters. The number of piperazine rings is 1. The van der Waals surface area contributed by atoms with Crippen molar-refractivity contribution < 1.29 is 4.74 Å². The molecule has 1 fully saturated rings. The molecule has 28 heavy (non-hydrogen) atoms. The van der Waals surface area contributed by atoms with Gasteiger partial charge in [0.25, 0.3) is 0 Å². The molecule has 0 aromatic heterocycles. The van der Waals surface area contributed by atoms with Crippen molar-refractivity contribution in [3.8, 4) is 17.6 Å². The lowest BCUT2D eigenvalue weighted by Crippen LogP contribution is -2.52. The van der Waals surface area contributed by atoms with Crippen molar-refractivity contribution in [2.75, 3.05) is 45.9 Å². The molecule has 0 bridgehead atoms. The van der Waals surface area contributed by atoms with E-state index in [0.717, 1.165) is 49.9 Å². The molecule has 0 saturated carbocycles. The van der Waals surface area contributed by atoms with Crippen LogP contribution in [0.15, 0.2) is 59.5 Å². The number of benzene rings is 1. The number of nitrogens with one attached hydrogen (secondary N) is 1. The first kappa shape index (κ1) is 18.6. The molecule has 6 heteroatoms. The molecule has 1 unspecified atom stereocenters. The van der Waals surface area contributed by atoms with E-state index in [1.165, 1.54) is 0 Å². The van der Waals surface area contributed by atoms with Crippen LogP contribution in [0.2, 0.25) is 0 Å². The maximum absolute atomic E-state index is 5.84. The van der Waals surface area contributed by atoms with Crippen molar-refractivity contribution in [1.82, 2.24) is 20.0 Å². The van der Waals surface area contributed by atoms with E-state index in [0.29, 0.717) is 13.2 Å². The Morgan fingerprint density at radius 2 is 2.04 bits per heavy atom. The van der Waals surface area contributed by atoms with Gasteiger partial charge in [0, 0.05) is 38.6 Å². The van der Waals surface area contributed by atoms with Gasteiger partial charge in [0.2, 0.25) is 0 Å². The van der Waals surface area contributed by atoms with E-state index in [1.54, 1.807) is 0 Å². The summed E-state index contributed by atoms with van der Waals surface area (Å²) < 4.78 is 5.84. The van der Waals surface area contributed by atoms with Gasteiger partial charge < -0.3 is 19.9 Å². The minimum absolute atomic E-state index is 0.0365. The van der Waals surface area contributed by atoms with E-state index in [4.69, 9.17) is 9.73 Å². The summed E-state index contributed by atoms with van der Waals surface area (Å²) in [4.78, 5) is 11.9. The van der Waals surface area contributed by atoms with Gasteiger partial charge in [-0.25, -0.2) is 4.99 Å². The summed E-state index contributed by atoms with van der Waals surface area (Å²) in [5.74, 6) is 7.15. The Labute approximate surface area is 167 Å². The predicted octanol–water partition coefficient (Wildman–Crippen LogP) is 1.70. The molecule has 3 aliphatic heterocycles. The largest absolute Gasteiger partial charge is 0.492 e. The number of aliphatic imine (C=N–C) groups is 1. The van der Waals surface area contributed by atoms with Gasteiger partial charge in [0.05, 0.1) is 24.5 Å². The smallest absolute Gasteiger partial charge is 0.180 e. The van der Waals surface area contributed by atoms with Gasteiger partial charge in [-0.2, -0.15) is 0 Å². The van der Waals surface area contributed by atoms with Crippen LogP contribution in [-0.4, -0.2) is 72.6 Å². The Kier molecular flexibility index (Phi) is 5.95. The van der Waals surface area contributed by atoms with Gasteiger partial charge in [-0.15, -0.1) is 5.92 Å². The van der Waals surface area contributed by atoms with Crippen LogP contribution in [0.1, 0.15) is 6.92 Å². The lowest BCUT2D eigenvalue weighted by Gasteiger charge is -2.36. The third-order valence-electron chi connectivity index (χ3n) is 5.08. The summed E-state index contributed by atoms with van der Waals surface area (Å²) in [5.41, 5.74) is 2.19. The Morgan fingerprint density at radius 3 is 2.82 bits per heavy atom. The zero-order valence-corrected chi connectivity index (χ0v) is 16.3. The number of allylic oxidation sites excluding steroid dienone is 1. The summed E-state index contributed by atoms with van der Waals surface area (Å²) in [6.45, 7) is 8.01. The van der Waals surface area contributed by atoms with E-state index in [1.807, 2.05) is 37.3 Å². The summed E-state index contributed by atoms with van der Waals surface area (Å²) in [5, 5.41) is 3.42. The quantitative estimate of drug-likeness (QED) is 0.765. The van der Waals surface area contributed by atoms with Crippen LogP contribution in [0.4, 0.5) is 0 Å². The number of hydrogen-bond acceptors (Lipinski definition) is 6. The minimum Gasteiger partial charge on any atom is -0.492 e. The van der Waals surface area contributed by atoms with Gasteiger partial charge >= 0.3 is 0 Å². The average molecular weight is 377 g/mol. The molecule has 1 saturated heterocycles. The van der Waals surface area contributed by atoms with Crippen molar-refractivity contribution in [2.24, 2.45) is 4.99 Å². The summed E-state index contributed by atoms with van der Waals surface area (Å²) >= 11 is 0. The highest BCUT2D eigenvalue weighted by Crippen LogP contribution is 2.27. The lowest BCUT2D eigenvalue weighted by atomic mass is 10.2. The van der Waals surface area contributed by atoms with Crippen LogP contribution in [0.5, 0.6) is 5.75 Å². The average Bonchev–Trinajstić information content (AvgIpc) is 3.11. The molecule has 6 nitrogen and oxygen atoms in total. The van der Waals surface area contributed by atoms with Crippen LogP contribution in [0, 0.1) is 11.8 Å². The third-order valence-corrected chi connectivity index (χ3v) is 5.08. The van der Waals surface area contributed by atoms with E-state index >= 15 is 0 Å². The zero-order valence-electron chi connectivity index (χ0n) is 16.3. The van der Waals surface area contributed by atoms with Gasteiger partial charge in [-0.05, 0) is 25.1 Å². The molecule has 0 radical (unpaired) electrons. The molecule has 0 spiro atoms. The molecule has 1 N–H and O–H groups in total. The highest BCUT2D eigenvalue weighted by Gasteiger charge is 2.35. The number of hydrogen-bond donors (Lipinski definition) is 1. The first-order valence-corrected chi connectivity index (χ1v) is 9.88. The number of nitrogens with zero attached hydrogens (tertiary/aromatic N) is 4. The molecule has 0 aliphatic carbocycles. The van der Waals surface area contributed by atoms with Crippen LogP contribution < -0.4 is 10.1 Å². The van der Waals surface area contributed by atoms with E-state index in [9.17, 15) is 0 Å². The molecule has 3 heterocycles. The molecular formula is C22H27N5O. The Hall–Kier alpha value is -2.75. The van der Waals surface area contributed by atoms with Crippen LogP contribution in [0.25, 0.3) is 0 Å². The topological polar surface area (TPSA) is 43.3 Å². The summed E-state index contributed by atoms with van der Waals surface area (Å²) in [7, 11) is 0. The van der Waals surface area contributed by atoms with Gasteiger partial charge in [0.15, 0.2) is 6.29 Å². The molecular weight excluding hydrogens is 350 g/mol. The Bertz CT molecular complexity index is 814. The normalized spacial score (nSPS) is 21.5. The first-order chi connectivity index (χ1) is 13.8. The molecule has 4 rings (SSSR count). The first-order valence-electron chi connectivity index (χ1n) is 9.88. The van der Waals surface area contributed by atoms with Crippen molar-refractivity contribution in [3.63, 3.8) is 0 Å². The SMILES string of the molecule is CC#CCN1C2=CN(CCOc3ccccc3)C=CC2=NC1N1CCNCC1. The maximum atomic E-state index is 5.84. The van der Waals surface area contributed by atoms with Crippen molar-refractivity contribution in [3.05, 3.63) is 54.5 Å². The number of rotatable bonds is 6. The fourth-order valence-corrected chi connectivity index (χ4v) is 3.61. The molecule has 1 aromatic carbocycles.